The Balaban J connectivity index is 2.03. The molecular formula is C13H22O2. The number of Topliss-reactive ketones (excluding diaryl/α,β-unsaturated/α-hetero) is 1. The summed E-state index contributed by atoms with van der Waals surface area (Å²) in [6, 6.07) is 0. The van der Waals surface area contributed by atoms with E-state index in [0.29, 0.717) is 11.7 Å². The summed E-state index contributed by atoms with van der Waals surface area (Å²) < 4.78 is 5.33. The summed E-state index contributed by atoms with van der Waals surface area (Å²) in [5.41, 5.74) is 0.0575. The Hall–Kier alpha value is -0.370. The van der Waals surface area contributed by atoms with Crippen molar-refractivity contribution in [2.75, 3.05) is 13.2 Å². The molecule has 0 aromatic carbocycles. The van der Waals surface area contributed by atoms with Gasteiger partial charge in [-0.1, -0.05) is 19.8 Å². The summed E-state index contributed by atoms with van der Waals surface area (Å²) in [6.07, 6.45) is 7.75. The second-order valence-corrected chi connectivity index (χ2v) is 5.09. The quantitative estimate of drug-likeness (QED) is 0.716. The zero-order valence-electron chi connectivity index (χ0n) is 9.76. The molecule has 0 aromatic heterocycles. The Morgan fingerprint density at radius 1 is 1.27 bits per heavy atom. The average Bonchev–Trinajstić information content (AvgIpc) is 2.79. The minimum Gasteiger partial charge on any atom is -0.381 e. The number of ketones is 1. The third-order valence-corrected chi connectivity index (χ3v) is 4.35. The molecule has 0 bridgehead atoms. The van der Waals surface area contributed by atoms with Crippen molar-refractivity contribution in [1.82, 2.24) is 0 Å². The summed E-state index contributed by atoms with van der Waals surface area (Å²) in [5, 5.41) is 0. The van der Waals surface area contributed by atoms with E-state index in [1.807, 2.05) is 0 Å². The van der Waals surface area contributed by atoms with E-state index >= 15 is 0 Å². The van der Waals surface area contributed by atoms with Crippen molar-refractivity contribution in [3.63, 3.8) is 0 Å². The molecule has 1 saturated heterocycles. The molecule has 1 heterocycles. The summed E-state index contributed by atoms with van der Waals surface area (Å²) in [7, 11) is 0. The lowest BCUT2D eigenvalue weighted by molar-refractivity contribution is -0.135. The molecule has 2 heteroatoms. The molecule has 1 aliphatic carbocycles. The molecule has 1 saturated carbocycles. The minimum atomic E-state index is 0.0575. The molecule has 0 aromatic rings. The standard InChI is InChI=1S/C13H22O2/c1-2-13(7-3-4-8-13)12(14)11-5-9-15-10-6-11/h11H,2-10H2,1H3. The van der Waals surface area contributed by atoms with Crippen LogP contribution >= 0.6 is 0 Å². The van der Waals surface area contributed by atoms with Crippen LogP contribution in [0.4, 0.5) is 0 Å². The largest absolute Gasteiger partial charge is 0.381 e. The summed E-state index contributed by atoms with van der Waals surface area (Å²) in [6.45, 7) is 3.76. The van der Waals surface area contributed by atoms with Crippen LogP contribution in [0.3, 0.4) is 0 Å². The van der Waals surface area contributed by atoms with E-state index in [1.165, 1.54) is 12.8 Å². The third-order valence-electron chi connectivity index (χ3n) is 4.35. The van der Waals surface area contributed by atoms with Gasteiger partial charge >= 0.3 is 0 Å². The fraction of sp³-hybridized carbons (Fsp3) is 0.923. The number of hydrogen-bond donors (Lipinski definition) is 0. The molecule has 2 rings (SSSR count). The lowest BCUT2D eigenvalue weighted by Gasteiger charge is -2.32. The number of ether oxygens (including phenoxy) is 1. The smallest absolute Gasteiger partial charge is 0.142 e. The highest BCUT2D eigenvalue weighted by Crippen LogP contribution is 2.44. The van der Waals surface area contributed by atoms with Gasteiger partial charge in [-0.2, -0.15) is 0 Å². The Bertz CT molecular complexity index is 223. The molecule has 2 nitrogen and oxygen atoms in total. The normalized spacial score (nSPS) is 26.7. The van der Waals surface area contributed by atoms with Crippen LogP contribution in [0.2, 0.25) is 0 Å². The number of rotatable bonds is 3. The van der Waals surface area contributed by atoms with Crippen molar-refractivity contribution >= 4 is 5.78 Å². The molecule has 15 heavy (non-hydrogen) atoms. The molecular weight excluding hydrogens is 188 g/mol. The maximum Gasteiger partial charge on any atom is 0.142 e. The molecule has 0 N–H and O–H groups in total. The van der Waals surface area contributed by atoms with Crippen LogP contribution in [-0.2, 0) is 9.53 Å². The van der Waals surface area contributed by atoms with Gasteiger partial charge in [-0.15, -0.1) is 0 Å². The maximum absolute atomic E-state index is 12.5. The van der Waals surface area contributed by atoms with E-state index in [4.69, 9.17) is 4.74 Å². The summed E-state index contributed by atoms with van der Waals surface area (Å²) in [5.74, 6) is 0.864. The SMILES string of the molecule is CCC1(C(=O)C2CCOCC2)CCCC1. The van der Waals surface area contributed by atoms with Gasteiger partial charge in [0.25, 0.3) is 0 Å². The highest BCUT2D eigenvalue weighted by Gasteiger charge is 2.42. The van der Waals surface area contributed by atoms with Crippen LogP contribution in [0.15, 0.2) is 0 Å². The van der Waals surface area contributed by atoms with Crippen molar-refractivity contribution in [3.05, 3.63) is 0 Å². The predicted molar refractivity (Wildman–Crippen MR) is 59.7 cm³/mol. The predicted octanol–water partition coefficient (Wildman–Crippen LogP) is 2.95. The Kier molecular flexibility index (Phi) is 3.45. The molecule has 2 aliphatic rings. The van der Waals surface area contributed by atoms with Crippen molar-refractivity contribution in [3.8, 4) is 0 Å². The highest BCUT2D eigenvalue weighted by molar-refractivity contribution is 5.87. The average molecular weight is 210 g/mol. The zero-order chi connectivity index (χ0) is 10.7. The van der Waals surface area contributed by atoms with Crippen LogP contribution in [0.25, 0.3) is 0 Å². The minimum absolute atomic E-state index is 0.0575. The molecule has 0 amide bonds. The summed E-state index contributed by atoms with van der Waals surface area (Å²) in [4.78, 5) is 12.5. The van der Waals surface area contributed by atoms with Gasteiger partial charge in [-0.3, -0.25) is 4.79 Å². The van der Waals surface area contributed by atoms with Crippen molar-refractivity contribution in [2.24, 2.45) is 11.3 Å². The first kappa shape index (κ1) is 11.1. The van der Waals surface area contributed by atoms with E-state index in [9.17, 15) is 4.79 Å². The van der Waals surface area contributed by atoms with Gasteiger partial charge in [0.05, 0.1) is 0 Å². The first-order valence-corrected chi connectivity index (χ1v) is 6.40. The lowest BCUT2D eigenvalue weighted by Crippen LogP contribution is -2.36. The second kappa shape index (κ2) is 4.65. The van der Waals surface area contributed by atoms with E-state index < -0.39 is 0 Å². The zero-order valence-corrected chi connectivity index (χ0v) is 9.76. The first-order valence-electron chi connectivity index (χ1n) is 6.40. The fourth-order valence-corrected chi connectivity index (χ4v) is 3.22. The van der Waals surface area contributed by atoms with E-state index in [1.54, 1.807) is 0 Å². The molecule has 0 radical (unpaired) electrons. The van der Waals surface area contributed by atoms with Crippen LogP contribution < -0.4 is 0 Å². The topological polar surface area (TPSA) is 26.3 Å². The van der Waals surface area contributed by atoms with Gasteiger partial charge < -0.3 is 4.74 Å². The van der Waals surface area contributed by atoms with Gasteiger partial charge in [-0.25, -0.2) is 0 Å². The molecule has 0 spiro atoms. The molecule has 1 aliphatic heterocycles. The summed E-state index contributed by atoms with van der Waals surface area (Å²) >= 11 is 0. The van der Waals surface area contributed by atoms with Gasteiger partial charge in [-0.05, 0) is 32.1 Å². The second-order valence-electron chi connectivity index (χ2n) is 5.09. The fourth-order valence-electron chi connectivity index (χ4n) is 3.22. The van der Waals surface area contributed by atoms with Crippen molar-refractivity contribution < 1.29 is 9.53 Å². The first-order chi connectivity index (χ1) is 7.28. The van der Waals surface area contributed by atoms with Crippen LogP contribution in [-0.4, -0.2) is 19.0 Å². The molecule has 86 valence electrons. The van der Waals surface area contributed by atoms with Crippen LogP contribution in [0, 0.1) is 11.3 Å². The monoisotopic (exact) mass is 210 g/mol. The van der Waals surface area contributed by atoms with Gasteiger partial charge in [0.2, 0.25) is 0 Å². The molecule has 0 unspecified atom stereocenters. The molecule has 0 atom stereocenters. The number of carbonyl (C=O) groups is 1. The van der Waals surface area contributed by atoms with Crippen LogP contribution in [0.5, 0.6) is 0 Å². The van der Waals surface area contributed by atoms with E-state index in [0.717, 1.165) is 45.3 Å². The van der Waals surface area contributed by atoms with Gasteiger partial charge in [0, 0.05) is 24.5 Å². The van der Waals surface area contributed by atoms with Crippen molar-refractivity contribution in [2.45, 2.75) is 51.9 Å². The highest BCUT2D eigenvalue weighted by atomic mass is 16.5. The third kappa shape index (κ3) is 2.10. The van der Waals surface area contributed by atoms with Crippen LogP contribution in [0.1, 0.15) is 51.9 Å². The molecule has 2 fully saturated rings. The van der Waals surface area contributed by atoms with Gasteiger partial charge in [0.1, 0.15) is 5.78 Å². The Morgan fingerprint density at radius 2 is 1.87 bits per heavy atom. The van der Waals surface area contributed by atoms with E-state index in [2.05, 4.69) is 6.92 Å². The number of carbonyl (C=O) groups excluding carboxylic acids is 1. The Morgan fingerprint density at radius 3 is 2.40 bits per heavy atom. The Labute approximate surface area is 92.4 Å². The van der Waals surface area contributed by atoms with Gasteiger partial charge in [0.15, 0.2) is 0 Å². The lowest BCUT2D eigenvalue weighted by atomic mass is 9.72. The number of hydrogen-bond acceptors (Lipinski definition) is 2. The maximum atomic E-state index is 12.5. The van der Waals surface area contributed by atoms with Crippen molar-refractivity contribution in [1.29, 1.82) is 0 Å². The van der Waals surface area contributed by atoms with E-state index in [-0.39, 0.29) is 5.41 Å².